The summed E-state index contributed by atoms with van der Waals surface area (Å²) in [5, 5.41) is 0. The quantitative estimate of drug-likeness (QED) is 0.643. The summed E-state index contributed by atoms with van der Waals surface area (Å²) in [4.78, 5) is 2.58. The highest BCUT2D eigenvalue weighted by atomic mass is 16.5. The van der Waals surface area contributed by atoms with Crippen LogP contribution in [0.5, 0.6) is 0 Å². The molecule has 2 nitrogen and oxygen atoms in total. The minimum Gasteiger partial charge on any atom is -0.377 e. The third kappa shape index (κ3) is 2.29. The fourth-order valence-electron chi connectivity index (χ4n) is 2.57. The first-order chi connectivity index (χ1) is 6.45. The van der Waals surface area contributed by atoms with E-state index in [-0.39, 0.29) is 0 Å². The third-order valence-corrected chi connectivity index (χ3v) is 3.68. The molecule has 0 aliphatic carbocycles. The van der Waals surface area contributed by atoms with Crippen molar-refractivity contribution in [3.05, 3.63) is 0 Å². The molecule has 1 saturated heterocycles. The Morgan fingerprint density at radius 3 is 2.21 bits per heavy atom. The summed E-state index contributed by atoms with van der Waals surface area (Å²) < 4.78 is 5.84. The smallest absolute Gasteiger partial charge is 0.0623 e. The molecule has 0 spiro atoms. The molecule has 0 N–H and O–H groups in total. The summed E-state index contributed by atoms with van der Waals surface area (Å²) in [6.45, 7) is 14.5. The zero-order chi connectivity index (χ0) is 10.9. The van der Waals surface area contributed by atoms with Crippen LogP contribution in [0.15, 0.2) is 0 Å². The van der Waals surface area contributed by atoms with Crippen LogP contribution in [-0.2, 0) is 4.74 Å². The Bertz CT molecular complexity index is 181. The molecule has 4 unspecified atom stereocenters. The van der Waals surface area contributed by atoms with Crippen LogP contribution in [0.1, 0.15) is 41.5 Å². The van der Waals surface area contributed by atoms with Crippen molar-refractivity contribution in [2.75, 3.05) is 6.61 Å². The number of hydrogen-bond acceptors (Lipinski definition) is 2. The first kappa shape index (κ1) is 12.0. The first-order valence-corrected chi connectivity index (χ1v) is 5.84. The fourth-order valence-corrected chi connectivity index (χ4v) is 2.57. The molecule has 1 aliphatic rings. The second-order valence-electron chi connectivity index (χ2n) is 5.03. The van der Waals surface area contributed by atoms with E-state index in [0.29, 0.717) is 30.1 Å². The van der Waals surface area contributed by atoms with E-state index in [9.17, 15) is 0 Å². The van der Waals surface area contributed by atoms with Crippen LogP contribution in [0.3, 0.4) is 0 Å². The molecule has 1 rings (SSSR count). The van der Waals surface area contributed by atoms with Crippen LogP contribution >= 0.6 is 0 Å². The number of ether oxygens (including phenoxy) is 1. The summed E-state index contributed by atoms with van der Waals surface area (Å²) in [7, 11) is 0. The summed E-state index contributed by atoms with van der Waals surface area (Å²) in [6, 6.07) is 1.76. The Balaban J connectivity index is 2.80. The van der Waals surface area contributed by atoms with Gasteiger partial charge in [-0.15, -0.1) is 0 Å². The molecule has 4 atom stereocenters. The van der Waals surface area contributed by atoms with Gasteiger partial charge in [0.2, 0.25) is 0 Å². The van der Waals surface area contributed by atoms with Crippen LogP contribution in [0.4, 0.5) is 0 Å². The van der Waals surface area contributed by atoms with Crippen molar-refractivity contribution in [1.82, 2.24) is 4.90 Å². The highest BCUT2D eigenvalue weighted by molar-refractivity contribution is 4.85. The van der Waals surface area contributed by atoms with Gasteiger partial charge in [-0.25, -0.2) is 0 Å². The lowest BCUT2D eigenvalue weighted by molar-refractivity contribution is 0.0369. The Hall–Kier alpha value is -0.0800. The zero-order valence-corrected chi connectivity index (χ0v) is 10.4. The molecule has 1 fully saturated rings. The lowest BCUT2D eigenvalue weighted by Gasteiger charge is -2.38. The molecule has 14 heavy (non-hydrogen) atoms. The van der Waals surface area contributed by atoms with Gasteiger partial charge >= 0.3 is 0 Å². The summed E-state index contributed by atoms with van der Waals surface area (Å²) in [5.41, 5.74) is 0. The molecule has 1 aliphatic heterocycles. The normalized spacial score (nSPS) is 41.4. The lowest BCUT2D eigenvalue weighted by atomic mass is 9.95. The number of hydrogen-bond donors (Lipinski definition) is 0. The second-order valence-corrected chi connectivity index (χ2v) is 5.03. The topological polar surface area (TPSA) is 12.5 Å². The maximum absolute atomic E-state index is 5.84. The molecular formula is C12H25NO. The Morgan fingerprint density at radius 1 is 1.14 bits per heavy atom. The van der Waals surface area contributed by atoms with Crippen molar-refractivity contribution in [1.29, 1.82) is 0 Å². The molecule has 0 amide bonds. The molecule has 2 heteroatoms. The van der Waals surface area contributed by atoms with E-state index in [1.54, 1.807) is 0 Å². The van der Waals surface area contributed by atoms with Crippen LogP contribution in [0.25, 0.3) is 0 Å². The van der Waals surface area contributed by atoms with Gasteiger partial charge in [0, 0.05) is 18.1 Å². The minimum atomic E-state index is 0.385. The van der Waals surface area contributed by atoms with Gasteiger partial charge in [0.1, 0.15) is 0 Å². The van der Waals surface area contributed by atoms with Crippen LogP contribution in [0, 0.1) is 5.92 Å². The average molecular weight is 199 g/mol. The van der Waals surface area contributed by atoms with E-state index in [1.165, 1.54) is 0 Å². The summed E-state index contributed by atoms with van der Waals surface area (Å²) >= 11 is 0. The van der Waals surface area contributed by atoms with Crippen molar-refractivity contribution in [3.8, 4) is 0 Å². The van der Waals surface area contributed by atoms with Gasteiger partial charge in [-0.3, -0.25) is 4.90 Å². The van der Waals surface area contributed by atoms with E-state index < -0.39 is 0 Å². The van der Waals surface area contributed by atoms with Crippen molar-refractivity contribution < 1.29 is 4.74 Å². The molecule has 0 aromatic heterocycles. The van der Waals surface area contributed by atoms with Gasteiger partial charge in [0.25, 0.3) is 0 Å². The Morgan fingerprint density at radius 2 is 1.71 bits per heavy atom. The second kappa shape index (κ2) is 4.63. The third-order valence-electron chi connectivity index (χ3n) is 3.68. The van der Waals surface area contributed by atoms with Crippen molar-refractivity contribution in [3.63, 3.8) is 0 Å². The highest BCUT2D eigenvalue weighted by Gasteiger charge is 2.33. The van der Waals surface area contributed by atoms with Gasteiger partial charge in [-0.1, -0.05) is 6.92 Å². The van der Waals surface area contributed by atoms with Gasteiger partial charge in [0.15, 0.2) is 0 Å². The minimum absolute atomic E-state index is 0.385. The van der Waals surface area contributed by atoms with E-state index in [2.05, 4.69) is 46.4 Å². The molecular weight excluding hydrogens is 174 g/mol. The van der Waals surface area contributed by atoms with Crippen molar-refractivity contribution >= 4 is 0 Å². The van der Waals surface area contributed by atoms with Crippen molar-refractivity contribution in [2.24, 2.45) is 5.92 Å². The number of rotatable bonds is 1. The SMILES string of the molecule is CC1OCC(C)N(C(C)C)C(C)C1C. The van der Waals surface area contributed by atoms with Gasteiger partial charge in [0.05, 0.1) is 12.7 Å². The maximum Gasteiger partial charge on any atom is 0.0623 e. The van der Waals surface area contributed by atoms with Crippen LogP contribution in [0.2, 0.25) is 0 Å². The monoisotopic (exact) mass is 199 g/mol. The van der Waals surface area contributed by atoms with E-state index in [1.807, 2.05) is 0 Å². The van der Waals surface area contributed by atoms with Gasteiger partial charge < -0.3 is 4.74 Å². The molecule has 0 aromatic rings. The fraction of sp³-hybridized carbons (Fsp3) is 1.00. The molecule has 0 radical (unpaired) electrons. The molecule has 1 heterocycles. The Kier molecular flexibility index (Phi) is 3.96. The summed E-state index contributed by atoms with van der Waals surface area (Å²) in [6.07, 6.45) is 0.385. The first-order valence-electron chi connectivity index (χ1n) is 5.84. The van der Waals surface area contributed by atoms with E-state index in [4.69, 9.17) is 4.74 Å². The Labute approximate surface area is 88.6 Å². The van der Waals surface area contributed by atoms with Gasteiger partial charge in [-0.05, 0) is 40.5 Å². The molecule has 0 bridgehead atoms. The molecule has 0 aromatic carbocycles. The summed E-state index contributed by atoms with van der Waals surface area (Å²) in [5.74, 6) is 0.613. The number of nitrogens with zero attached hydrogens (tertiary/aromatic N) is 1. The molecule has 0 saturated carbocycles. The average Bonchev–Trinajstić information content (AvgIpc) is 2.19. The van der Waals surface area contributed by atoms with Crippen LogP contribution in [-0.4, -0.2) is 35.7 Å². The van der Waals surface area contributed by atoms with E-state index >= 15 is 0 Å². The standard InChI is InChI=1S/C12H25NO/c1-8(2)13-9(3)7-14-12(6)10(4)11(13)5/h8-12H,7H2,1-6H3. The predicted molar refractivity (Wildman–Crippen MR) is 60.5 cm³/mol. The lowest BCUT2D eigenvalue weighted by Crippen LogP contribution is -2.47. The van der Waals surface area contributed by atoms with E-state index in [0.717, 1.165) is 6.61 Å². The predicted octanol–water partition coefficient (Wildman–Crippen LogP) is 2.53. The zero-order valence-electron chi connectivity index (χ0n) is 10.4. The largest absolute Gasteiger partial charge is 0.377 e. The van der Waals surface area contributed by atoms with Crippen LogP contribution < -0.4 is 0 Å². The van der Waals surface area contributed by atoms with Gasteiger partial charge in [-0.2, -0.15) is 0 Å². The van der Waals surface area contributed by atoms with Crippen molar-refractivity contribution in [2.45, 2.75) is 65.8 Å². The highest BCUT2D eigenvalue weighted by Crippen LogP contribution is 2.25. The molecule has 84 valence electrons. The maximum atomic E-state index is 5.84.